The van der Waals surface area contributed by atoms with Crippen LogP contribution in [0, 0.1) is 5.92 Å². The normalized spacial score (nSPS) is 22.5. The van der Waals surface area contributed by atoms with Crippen molar-refractivity contribution in [3.63, 3.8) is 0 Å². The van der Waals surface area contributed by atoms with Gasteiger partial charge in [0.05, 0.1) is 6.42 Å². The number of amides is 2. The van der Waals surface area contributed by atoms with Crippen LogP contribution >= 0.6 is 0 Å². The minimum Gasteiger partial charge on any atom is -0.481 e. The molecule has 0 spiro atoms. The molecule has 1 aliphatic heterocycles. The van der Waals surface area contributed by atoms with Crippen molar-refractivity contribution < 1.29 is 14.7 Å². The summed E-state index contributed by atoms with van der Waals surface area (Å²) in [6, 6.07) is -0.0193. The van der Waals surface area contributed by atoms with E-state index in [1.807, 2.05) is 20.8 Å². The molecule has 0 aromatic heterocycles. The van der Waals surface area contributed by atoms with Crippen molar-refractivity contribution in [2.45, 2.75) is 32.7 Å². The van der Waals surface area contributed by atoms with E-state index in [2.05, 4.69) is 0 Å². The van der Waals surface area contributed by atoms with Gasteiger partial charge in [0.2, 0.25) is 0 Å². The monoisotopic (exact) mass is 228 g/mol. The summed E-state index contributed by atoms with van der Waals surface area (Å²) in [7, 11) is 1.72. The predicted molar refractivity (Wildman–Crippen MR) is 60.2 cm³/mol. The largest absolute Gasteiger partial charge is 0.481 e. The Hall–Kier alpha value is -1.26. The molecule has 1 fully saturated rings. The molecule has 1 rings (SSSR count). The van der Waals surface area contributed by atoms with Crippen LogP contribution in [0.25, 0.3) is 0 Å². The molecule has 0 aliphatic carbocycles. The summed E-state index contributed by atoms with van der Waals surface area (Å²) in [4.78, 5) is 25.9. The van der Waals surface area contributed by atoms with Crippen LogP contribution in [0.15, 0.2) is 0 Å². The van der Waals surface area contributed by atoms with E-state index in [-0.39, 0.29) is 23.9 Å². The molecule has 1 heterocycles. The van der Waals surface area contributed by atoms with Gasteiger partial charge in [0.25, 0.3) is 0 Å². The molecule has 0 radical (unpaired) electrons. The summed E-state index contributed by atoms with van der Waals surface area (Å²) in [5, 5.41) is 8.78. The van der Waals surface area contributed by atoms with Gasteiger partial charge >= 0.3 is 12.0 Å². The van der Waals surface area contributed by atoms with Crippen molar-refractivity contribution in [1.82, 2.24) is 9.80 Å². The summed E-state index contributed by atoms with van der Waals surface area (Å²) in [5.74, 6) is -0.791. The standard InChI is InChI=1S/C11H20N2O3/c1-11(2,3)13-7-8(5-9(14)15)6-12(4)10(13)16/h8H,5-7H2,1-4H3,(H,14,15). The molecule has 1 unspecified atom stereocenters. The number of carbonyl (C=O) groups excluding carboxylic acids is 1. The average molecular weight is 228 g/mol. The maximum atomic E-state index is 11.9. The zero-order chi connectivity index (χ0) is 12.5. The average Bonchev–Trinajstić information content (AvgIpc) is 2.08. The maximum absolute atomic E-state index is 11.9. The lowest BCUT2D eigenvalue weighted by Crippen LogP contribution is -2.58. The van der Waals surface area contributed by atoms with Crippen molar-refractivity contribution in [3.8, 4) is 0 Å². The number of carbonyl (C=O) groups is 2. The Morgan fingerprint density at radius 3 is 2.44 bits per heavy atom. The number of carboxylic acids is 1. The van der Waals surface area contributed by atoms with Crippen LogP contribution in [-0.4, -0.2) is 52.6 Å². The van der Waals surface area contributed by atoms with Gasteiger partial charge in [-0.15, -0.1) is 0 Å². The van der Waals surface area contributed by atoms with Crippen molar-refractivity contribution in [1.29, 1.82) is 0 Å². The minimum atomic E-state index is -0.804. The fourth-order valence-corrected chi connectivity index (χ4v) is 2.00. The number of rotatable bonds is 2. The van der Waals surface area contributed by atoms with Crippen molar-refractivity contribution >= 4 is 12.0 Å². The number of urea groups is 1. The second-order valence-electron chi connectivity index (χ2n) is 5.41. The molecule has 5 heteroatoms. The Morgan fingerprint density at radius 1 is 1.44 bits per heavy atom. The molecule has 1 atom stereocenters. The van der Waals surface area contributed by atoms with E-state index in [0.29, 0.717) is 13.1 Å². The van der Waals surface area contributed by atoms with E-state index in [0.717, 1.165) is 0 Å². The van der Waals surface area contributed by atoms with Crippen molar-refractivity contribution in [3.05, 3.63) is 0 Å². The molecule has 0 aromatic carbocycles. The van der Waals surface area contributed by atoms with E-state index in [4.69, 9.17) is 5.11 Å². The molecule has 92 valence electrons. The minimum absolute atomic E-state index is 0.0134. The van der Waals surface area contributed by atoms with E-state index in [1.54, 1.807) is 16.8 Å². The van der Waals surface area contributed by atoms with Gasteiger partial charge in [-0.3, -0.25) is 4.79 Å². The summed E-state index contributed by atoms with van der Waals surface area (Å²) < 4.78 is 0. The number of aliphatic carboxylic acids is 1. The van der Waals surface area contributed by atoms with Gasteiger partial charge in [-0.1, -0.05) is 0 Å². The molecule has 2 amide bonds. The first-order valence-corrected chi connectivity index (χ1v) is 5.46. The number of hydrogen-bond donors (Lipinski definition) is 1. The zero-order valence-electron chi connectivity index (χ0n) is 10.4. The second kappa shape index (κ2) is 4.31. The van der Waals surface area contributed by atoms with Crippen LogP contribution in [-0.2, 0) is 4.79 Å². The van der Waals surface area contributed by atoms with Gasteiger partial charge in [0, 0.05) is 31.6 Å². The molecular formula is C11H20N2O3. The van der Waals surface area contributed by atoms with Crippen LogP contribution < -0.4 is 0 Å². The summed E-state index contributed by atoms with van der Waals surface area (Å²) >= 11 is 0. The summed E-state index contributed by atoms with van der Waals surface area (Å²) in [6.07, 6.45) is 0.115. The first-order valence-electron chi connectivity index (χ1n) is 5.46. The molecule has 0 saturated carbocycles. The highest BCUT2D eigenvalue weighted by atomic mass is 16.4. The maximum Gasteiger partial charge on any atom is 0.320 e. The number of carboxylic acid groups (broad SMARTS) is 1. The third-order valence-electron chi connectivity index (χ3n) is 2.80. The fourth-order valence-electron chi connectivity index (χ4n) is 2.00. The molecule has 0 bridgehead atoms. The third kappa shape index (κ3) is 2.87. The lowest BCUT2D eigenvalue weighted by Gasteiger charge is -2.44. The first kappa shape index (κ1) is 12.8. The zero-order valence-corrected chi connectivity index (χ0v) is 10.4. The summed E-state index contributed by atoms with van der Waals surface area (Å²) in [6.45, 7) is 6.93. The molecule has 1 saturated heterocycles. The van der Waals surface area contributed by atoms with Gasteiger partial charge < -0.3 is 14.9 Å². The second-order valence-corrected chi connectivity index (χ2v) is 5.41. The van der Waals surface area contributed by atoms with Gasteiger partial charge in [-0.05, 0) is 20.8 Å². The number of nitrogens with zero attached hydrogens (tertiary/aromatic N) is 2. The Balaban J connectivity index is 2.77. The van der Waals surface area contributed by atoms with Crippen LogP contribution in [0.1, 0.15) is 27.2 Å². The summed E-state index contributed by atoms with van der Waals surface area (Å²) in [5.41, 5.74) is -0.261. The Bertz CT molecular complexity index is 296. The highest BCUT2D eigenvalue weighted by Crippen LogP contribution is 2.23. The van der Waals surface area contributed by atoms with Crippen LogP contribution in [0.2, 0.25) is 0 Å². The van der Waals surface area contributed by atoms with E-state index in [9.17, 15) is 9.59 Å². The molecule has 16 heavy (non-hydrogen) atoms. The fraction of sp³-hybridized carbons (Fsp3) is 0.818. The SMILES string of the molecule is CN1CC(CC(=O)O)CN(C(C)(C)C)C1=O. The van der Waals surface area contributed by atoms with Crippen LogP contribution in [0.3, 0.4) is 0 Å². The van der Waals surface area contributed by atoms with Gasteiger partial charge in [0.15, 0.2) is 0 Å². The van der Waals surface area contributed by atoms with Gasteiger partial charge in [0.1, 0.15) is 0 Å². The topological polar surface area (TPSA) is 60.9 Å². The Morgan fingerprint density at radius 2 is 2.00 bits per heavy atom. The molecular weight excluding hydrogens is 208 g/mol. The van der Waals surface area contributed by atoms with Gasteiger partial charge in [-0.2, -0.15) is 0 Å². The van der Waals surface area contributed by atoms with E-state index >= 15 is 0 Å². The highest BCUT2D eigenvalue weighted by Gasteiger charge is 2.36. The molecule has 0 aromatic rings. The quantitative estimate of drug-likeness (QED) is 0.773. The van der Waals surface area contributed by atoms with Crippen molar-refractivity contribution in [2.24, 2.45) is 5.92 Å². The van der Waals surface area contributed by atoms with Crippen LogP contribution in [0.5, 0.6) is 0 Å². The van der Waals surface area contributed by atoms with E-state index in [1.165, 1.54) is 0 Å². The third-order valence-corrected chi connectivity index (χ3v) is 2.80. The lowest BCUT2D eigenvalue weighted by molar-refractivity contribution is -0.138. The molecule has 5 nitrogen and oxygen atoms in total. The lowest BCUT2D eigenvalue weighted by atomic mass is 9.97. The number of hydrogen-bond acceptors (Lipinski definition) is 2. The van der Waals surface area contributed by atoms with Crippen molar-refractivity contribution in [2.75, 3.05) is 20.1 Å². The van der Waals surface area contributed by atoms with Crippen LogP contribution in [0.4, 0.5) is 4.79 Å². The first-order chi connectivity index (χ1) is 7.21. The Labute approximate surface area is 96.0 Å². The predicted octanol–water partition coefficient (Wildman–Crippen LogP) is 1.24. The van der Waals surface area contributed by atoms with E-state index < -0.39 is 5.97 Å². The Kier molecular flexibility index (Phi) is 3.45. The smallest absolute Gasteiger partial charge is 0.320 e. The molecule has 1 aliphatic rings. The highest BCUT2D eigenvalue weighted by molar-refractivity contribution is 5.76. The van der Waals surface area contributed by atoms with Gasteiger partial charge in [-0.25, -0.2) is 4.79 Å². The molecule has 1 N–H and O–H groups in total.